The molecule has 0 aliphatic carbocycles. The van der Waals surface area contributed by atoms with Gasteiger partial charge in [0.2, 0.25) is 0 Å². The van der Waals surface area contributed by atoms with Crippen LogP contribution >= 0.6 is 15.9 Å². The summed E-state index contributed by atoms with van der Waals surface area (Å²) in [4.78, 5) is 14.7. The number of hydrogen-bond donors (Lipinski definition) is 1. The highest BCUT2D eigenvalue weighted by Gasteiger charge is 2.45. The fourth-order valence-corrected chi connectivity index (χ4v) is 1.17. The summed E-state index contributed by atoms with van der Waals surface area (Å²) in [6, 6.07) is 2.75. The van der Waals surface area contributed by atoms with Gasteiger partial charge >= 0.3 is 6.18 Å². The van der Waals surface area contributed by atoms with Crippen LogP contribution in [0.5, 0.6) is 0 Å². The molecule has 0 saturated carbocycles. The summed E-state index contributed by atoms with van der Waals surface area (Å²) in [7, 11) is 0. The SMILES string of the molecule is Cc1nc(NC(=O)[C@H](F)C(F)(F)F)ccc1Br. The highest BCUT2D eigenvalue weighted by molar-refractivity contribution is 9.10. The van der Waals surface area contributed by atoms with Crippen molar-refractivity contribution in [1.82, 2.24) is 4.98 Å². The summed E-state index contributed by atoms with van der Waals surface area (Å²) in [6.07, 6.45) is -8.78. The van der Waals surface area contributed by atoms with E-state index in [2.05, 4.69) is 20.9 Å². The molecule has 1 heterocycles. The Morgan fingerprint density at radius 3 is 2.53 bits per heavy atom. The van der Waals surface area contributed by atoms with Crippen LogP contribution in [-0.2, 0) is 4.79 Å². The number of halogens is 5. The molecule has 0 aliphatic heterocycles. The van der Waals surface area contributed by atoms with Crippen LogP contribution in [0.1, 0.15) is 5.69 Å². The Kier molecular flexibility index (Phi) is 4.07. The lowest BCUT2D eigenvalue weighted by Crippen LogP contribution is -2.37. The first kappa shape index (κ1) is 13.9. The molecule has 0 bridgehead atoms. The van der Waals surface area contributed by atoms with E-state index in [4.69, 9.17) is 0 Å². The van der Waals surface area contributed by atoms with Crippen LogP contribution in [0.15, 0.2) is 16.6 Å². The largest absolute Gasteiger partial charge is 0.428 e. The summed E-state index contributed by atoms with van der Waals surface area (Å²) in [5, 5.41) is 1.75. The number of amides is 1. The number of rotatable bonds is 2. The van der Waals surface area contributed by atoms with E-state index in [0.29, 0.717) is 10.2 Å². The monoisotopic (exact) mass is 314 g/mol. The number of carbonyl (C=O) groups excluding carboxylic acids is 1. The van der Waals surface area contributed by atoms with E-state index in [9.17, 15) is 22.4 Å². The quantitative estimate of drug-likeness (QED) is 0.853. The minimum Gasteiger partial charge on any atom is -0.308 e. The molecule has 0 saturated heterocycles. The standard InChI is InChI=1S/C9H7BrF4N2O/c1-4-5(10)2-3-6(15-4)16-8(17)7(11)9(12,13)14/h2-3,7H,1H3,(H,15,16,17)/t7-/m0/s1. The Bertz CT molecular complexity index is 435. The van der Waals surface area contributed by atoms with Gasteiger partial charge in [-0.15, -0.1) is 0 Å². The molecule has 1 aromatic heterocycles. The zero-order chi connectivity index (χ0) is 13.2. The molecule has 0 fully saturated rings. The number of aromatic nitrogens is 1. The molecule has 0 spiro atoms. The van der Waals surface area contributed by atoms with Crippen molar-refractivity contribution in [3.63, 3.8) is 0 Å². The highest BCUT2D eigenvalue weighted by atomic mass is 79.9. The van der Waals surface area contributed by atoms with Gasteiger partial charge in [-0.1, -0.05) is 0 Å². The molecule has 1 N–H and O–H groups in total. The lowest BCUT2D eigenvalue weighted by molar-refractivity contribution is -0.183. The van der Waals surface area contributed by atoms with Gasteiger partial charge in [-0.05, 0) is 35.0 Å². The van der Waals surface area contributed by atoms with Crippen LogP contribution in [0.3, 0.4) is 0 Å². The van der Waals surface area contributed by atoms with Gasteiger partial charge in [0.15, 0.2) is 0 Å². The second kappa shape index (κ2) is 4.99. The molecule has 0 unspecified atom stereocenters. The van der Waals surface area contributed by atoms with E-state index in [1.165, 1.54) is 12.1 Å². The Labute approximate surface area is 102 Å². The van der Waals surface area contributed by atoms with Gasteiger partial charge in [-0.2, -0.15) is 13.2 Å². The van der Waals surface area contributed by atoms with E-state index in [1.54, 1.807) is 12.2 Å². The van der Waals surface area contributed by atoms with Crippen molar-refractivity contribution in [3.8, 4) is 0 Å². The molecule has 1 atom stereocenters. The summed E-state index contributed by atoms with van der Waals surface area (Å²) in [6.45, 7) is 1.58. The average molecular weight is 315 g/mol. The van der Waals surface area contributed by atoms with Crippen LogP contribution in [0.2, 0.25) is 0 Å². The van der Waals surface area contributed by atoms with Gasteiger partial charge in [0.05, 0.1) is 5.69 Å². The first-order valence-electron chi connectivity index (χ1n) is 4.36. The van der Waals surface area contributed by atoms with Gasteiger partial charge in [-0.25, -0.2) is 9.37 Å². The first-order chi connectivity index (χ1) is 7.71. The molecule has 94 valence electrons. The maximum Gasteiger partial charge on any atom is 0.428 e. The molecule has 0 aliphatic rings. The number of alkyl halides is 4. The lowest BCUT2D eigenvalue weighted by atomic mass is 10.3. The summed E-state index contributed by atoms with van der Waals surface area (Å²) >= 11 is 3.13. The number of hydrogen-bond acceptors (Lipinski definition) is 2. The van der Waals surface area contributed by atoms with Crippen LogP contribution < -0.4 is 5.32 Å². The first-order valence-corrected chi connectivity index (χ1v) is 5.16. The molecule has 1 aromatic rings. The minimum atomic E-state index is -5.21. The lowest BCUT2D eigenvalue weighted by Gasteiger charge is -2.12. The smallest absolute Gasteiger partial charge is 0.308 e. The van der Waals surface area contributed by atoms with E-state index in [1.807, 2.05) is 0 Å². The summed E-state index contributed by atoms with van der Waals surface area (Å²) in [5.74, 6) is -1.92. The number of aryl methyl sites for hydroxylation is 1. The van der Waals surface area contributed by atoms with Gasteiger partial charge in [0.1, 0.15) is 5.82 Å². The third-order valence-electron chi connectivity index (χ3n) is 1.79. The van der Waals surface area contributed by atoms with Crippen LogP contribution in [0.25, 0.3) is 0 Å². The topological polar surface area (TPSA) is 42.0 Å². The van der Waals surface area contributed by atoms with Gasteiger partial charge < -0.3 is 5.32 Å². The van der Waals surface area contributed by atoms with Crippen molar-refractivity contribution in [1.29, 1.82) is 0 Å². The Hall–Kier alpha value is -1.18. The van der Waals surface area contributed by atoms with Crippen LogP contribution in [0.4, 0.5) is 23.4 Å². The third kappa shape index (κ3) is 3.65. The summed E-state index contributed by atoms with van der Waals surface area (Å²) in [5.41, 5.74) is 0.463. The van der Waals surface area contributed by atoms with Crippen molar-refractivity contribution in [2.75, 3.05) is 5.32 Å². The van der Waals surface area contributed by atoms with Crippen molar-refractivity contribution < 1.29 is 22.4 Å². The predicted molar refractivity (Wildman–Crippen MR) is 56.3 cm³/mol. The molecule has 17 heavy (non-hydrogen) atoms. The third-order valence-corrected chi connectivity index (χ3v) is 2.63. The number of carbonyl (C=O) groups is 1. The van der Waals surface area contributed by atoms with Crippen LogP contribution in [0, 0.1) is 6.92 Å². The normalized spacial score (nSPS) is 13.3. The van der Waals surface area contributed by atoms with E-state index < -0.39 is 18.3 Å². The molecule has 3 nitrogen and oxygen atoms in total. The van der Waals surface area contributed by atoms with Gasteiger partial charge in [0.25, 0.3) is 12.1 Å². The molecular weight excluding hydrogens is 308 g/mol. The number of pyridine rings is 1. The Balaban J connectivity index is 2.78. The van der Waals surface area contributed by atoms with Gasteiger partial charge in [-0.3, -0.25) is 4.79 Å². The molecular formula is C9H7BrF4N2O. The van der Waals surface area contributed by atoms with E-state index in [-0.39, 0.29) is 5.82 Å². The maximum atomic E-state index is 12.6. The zero-order valence-electron chi connectivity index (χ0n) is 8.48. The second-order valence-electron chi connectivity index (χ2n) is 3.16. The zero-order valence-corrected chi connectivity index (χ0v) is 10.1. The Morgan fingerprint density at radius 2 is 2.06 bits per heavy atom. The number of nitrogens with one attached hydrogen (secondary N) is 1. The van der Waals surface area contributed by atoms with E-state index >= 15 is 0 Å². The van der Waals surface area contributed by atoms with Crippen molar-refractivity contribution in [3.05, 3.63) is 22.3 Å². The predicted octanol–water partition coefficient (Wildman–Crippen LogP) is 2.99. The highest BCUT2D eigenvalue weighted by Crippen LogP contribution is 2.24. The second-order valence-corrected chi connectivity index (χ2v) is 4.01. The fourth-order valence-electron chi connectivity index (χ4n) is 0.952. The van der Waals surface area contributed by atoms with Crippen molar-refractivity contribution >= 4 is 27.7 Å². The molecule has 0 aromatic carbocycles. The Morgan fingerprint density at radius 1 is 1.47 bits per heavy atom. The van der Waals surface area contributed by atoms with Crippen molar-refractivity contribution in [2.45, 2.75) is 19.3 Å². The van der Waals surface area contributed by atoms with Gasteiger partial charge in [0, 0.05) is 4.47 Å². The van der Waals surface area contributed by atoms with E-state index in [0.717, 1.165) is 0 Å². The molecule has 0 radical (unpaired) electrons. The maximum absolute atomic E-state index is 12.6. The number of anilines is 1. The molecule has 1 amide bonds. The van der Waals surface area contributed by atoms with Crippen LogP contribution in [-0.4, -0.2) is 23.2 Å². The molecule has 8 heteroatoms. The minimum absolute atomic E-state index is 0.136. The fraction of sp³-hybridized carbons (Fsp3) is 0.333. The van der Waals surface area contributed by atoms with Crippen molar-refractivity contribution in [2.24, 2.45) is 0 Å². The molecule has 1 rings (SSSR count). The number of nitrogens with zero attached hydrogens (tertiary/aromatic N) is 1. The summed E-state index contributed by atoms with van der Waals surface area (Å²) < 4.78 is 48.9. The average Bonchev–Trinajstić information content (AvgIpc) is 2.21.